The molecule has 0 radical (unpaired) electrons. The molecule has 0 bridgehead atoms. The van der Waals surface area contributed by atoms with E-state index >= 15 is 0 Å². The van der Waals surface area contributed by atoms with Gasteiger partial charge in [-0.15, -0.1) is 11.8 Å². The van der Waals surface area contributed by atoms with Crippen molar-refractivity contribution in [3.63, 3.8) is 0 Å². The zero-order chi connectivity index (χ0) is 14.5. The van der Waals surface area contributed by atoms with E-state index in [0.29, 0.717) is 31.7 Å². The molecular formula is C14H16BrNO3S. The molecule has 0 saturated carbocycles. The van der Waals surface area contributed by atoms with E-state index in [1.54, 1.807) is 16.7 Å². The molecule has 1 aromatic carbocycles. The van der Waals surface area contributed by atoms with Crippen molar-refractivity contribution in [1.29, 1.82) is 0 Å². The van der Waals surface area contributed by atoms with Crippen LogP contribution in [0.5, 0.6) is 0 Å². The van der Waals surface area contributed by atoms with Crippen LogP contribution in [0.4, 0.5) is 0 Å². The van der Waals surface area contributed by atoms with Gasteiger partial charge in [-0.2, -0.15) is 0 Å². The maximum Gasteiger partial charge on any atom is 0.308 e. The Morgan fingerprint density at radius 3 is 2.80 bits per heavy atom. The summed E-state index contributed by atoms with van der Waals surface area (Å²) >= 11 is 5.10. The minimum Gasteiger partial charge on any atom is -0.481 e. The smallest absolute Gasteiger partial charge is 0.308 e. The predicted molar refractivity (Wildman–Crippen MR) is 81.8 cm³/mol. The van der Waals surface area contributed by atoms with Crippen molar-refractivity contribution in [3.05, 3.63) is 28.7 Å². The fourth-order valence-corrected chi connectivity index (χ4v) is 3.66. The maximum absolute atomic E-state index is 12.0. The van der Waals surface area contributed by atoms with Gasteiger partial charge >= 0.3 is 5.97 Å². The maximum atomic E-state index is 12.0. The largest absolute Gasteiger partial charge is 0.481 e. The number of aliphatic carboxylic acids is 1. The quantitative estimate of drug-likeness (QED) is 0.823. The Labute approximate surface area is 130 Å². The van der Waals surface area contributed by atoms with Crippen LogP contribution in [0.2, 0.25) is 0 Å². The summed E-state index contributed by atoms with van der Waals surface area (Å²) in [5.41, 5.74) is 0. The normalized spacial score (nSPS) is 18.2. The van der Waals surface area contributed by atoms with E-state index < -0.39 is 11.9 Å². The number of carbonyl (C=O) groups excluding carboxylic acids is 1. The first-order valence-corrected chi connectivity index (χ1v) is 8.23. The second kappa shape index (κ2) is 7.13. The molecule has 108 valence electrons. The van der Waals surface area contributed by atoms with Crippen LogP contribution in [0.1, 0.15) is 12.8 Å². The summed E-state index contributed by atoms with van der Waals surface area (Å²) in [5.74, 6) is -0.443. The topological polar surface area (TPSA) is 57.6 Å². The lowest BCUT2D eigenvalue weighted by atomic mass is 10.1. The number of carbonyl (C=O) groups is 2. The molecule has 0 spiro atoms. The monoisotopic (exact) mass is 357 g/mol. The molecule has 1 aromatic rings. The van der Waals surface area contributed by atoms with Crippen molar-refractivity contribution in [2.75, 3.05) is 18.8 Å². The van der Waals surface area contributed by atoms with Crippen molar-refractivity contribution in [3.8, 4) is 0 Å². The summed E-state index contributed by atoms with van der Waals surface area (Å²) in [7, 11) is 0. The molecule has 1 aliphatic rings. The number of nitrogens with zero attached hydrogens (tertiary/aromatic N) is 1. The zero-order valence-electron chi connectivity index (χ0n) is 10.9. The van der Waals surface area contributed by atoms with Gasteiger partial charge in [-0.1, -0.05) is 12.1 Å². The zero-order valence-corrected chi connectivity index (χ0v) is 13.3. The number of halogens is 1. The van der Waals surface area contributed by atoms with Crippen molar-refractivity contribution in [1.82, 2.24) is 4.90 Å². The highest BCUT2D eigenvalue weighted by Gasteiger charge is 2.30. The standard InChI is InChI=1S/C14H16BrNO3S/c15-11-3-1-2-4-12(11)20-8-6-13(17)16-7-5-10(9-16)14(18)19/h1-4,10H,5-9H2,(H,18,19). The highest BCUT2D eigenvalue weighted by atomic mass is 79.9. The van der Waals surface area contributed by atoms with Gasteiger partial charge < -0.3 is 10.0 Å². The van der Waals surface area contributed by atoms with Crippen LogP contribution in [0.15, 0.2) is 33.6 Å². The number of hydrogen-bond acceptors (Lipinski definition) is 3. The van der Waals surface area contributed by atoms with E-state index in [0.717, 1.165) is 9.37 Å². The van der Waals surface area contributed by atoms with Crippen LogP contribution < -0.4 is 0 Å². The molecule has 20 heavy (non-hydrogen) atoms. The van der Waals surface area contributed by atoms with Crippen LogP contribution in [0.3, 0.4) is 0 Å². The lowest BCUT2D eigenvalue weighted by molar-refractivity contribution is -0.141. The average molecular weight is 358 g/mol. The molecule has 1 saturated heterocycles. The highest BCUT2D eigenvalue weighted by Crippen LogP contribution is 2.27. The highest BCUT2D eigenvalue weighted by molar-refractivity contribution is 9.10. The third-order valence-electron chi connectivity index (χ3n) is 3.30. The van der Waals surface area contributed by atoms with E-state index in [1.165, 1.54) is 0 Å². The van der Waals surface area contributed by atoms with E-state index in [-0.39, 0.29) is 5.91 Å². The van der Waals surface area contributed by atoms with Gasteiger partial charge in [-0.05, 0) is 34.5 Å². The SMILES string of the molecule is O=C(O)C1CCN(C(=O)CCSc2ccccc2Br)C1. The average Bonchev–Trinajstić information content (AvgIpc) is 2.91. The van der Waals surface area contributed by atoms with E-state index in [9.17, 15) is 9.59 Å². The van der Waals surface area contributed by atoms with Crippen LogP contribution in [0, 0.1) is 5.92 Å². The molecule has 0 aliphatic carbocycles. The van der Waals surface area contributed by atoms with Gasteiger partial charge in [0.05, 0.1) is 5.92 Å². The van der Waals surface area contributed by atoms with E-state index in [4.69, 9.17) is 5.11 Å². The molecule has 1 N–H and O–H groups in total. The second-order valence-electron chi connectivity index (χ2n) is 4.69. The van der Waals surface area contributed by atoms with Gasteiger partial charge in [-0.25, -0.2) is 0 Å². The van der Waals surface area contributed by atoms with Crippen molar-refractivity contribution in [2.24, 2.45) is 5.92 Å². The minimum atomic E-state index is -0.803. The van der Waals surface area contributed by atoms with Crippen LogP contribution >= 0.6 is 27.7 Å². The first-order valence-electron chi connectivity index (χ1n) is 6.46. The molecule has 0 aromatic heterocycles. The van der Waals surface area contributed by atoms with Crippen LogP contribution in [-0.2, 0) is 9.59 Å². The molecule has 1 heterocycles. The number of rotatable bonds is 5. The number of carboxylic acids is 1. The molecule has 1 unspecified atom stereocenters. The van der Waals surface area contributed by atoms with Gasteiger partial charge in [0.1, 0.15) is 0 Å². The summed E-state index contributed by atoms with van der Waals surface area (Å²) in [5, 5.41) is 8.92. The Morgan fingerprint density at radius 2 is 2.15 bits per heavy atom. The Hall–Kier alpha value is -1.01. The molecule has 2 rings (SSSR count). The van der Waals surface area contributed by atoms with Gasteiger partial charge in [0.15, 0.2) is 0 Å². The summed E-state index contributed by atoms with van der Waals surface area (Å²) in [6.45, 7) is 0.920. The van der Waals surface area contributed by atoms with Crippen LogP contribution in [0.25, 0.3) is 0 Å². The molecule has 1 atom stereocenters. The fraction of sp³-hybridized carbons (Fsp3) is 0.429. The predicted octanol–water partition coefficient (Wildman–Crippen LogP) is 2.86. The minimum absolute atomic E-state index is 0.0494. The fourth-order valence-electron chi connectivity index (χ4n) is 2.16. The van der Waals surface area contributed by atoms with Crippen molar-refractivity contribution >= 4 is 39.6 Å². The van der Waals surface area contributed by atoms with Gasteiger partial charge in [0.25, 0.3) is 0 Å². The molecule has 1 amide bonds. The number of thioether (sulfide) groups is 1. The van der Waals surface area contributed by atoms with E-state index in [2.05, 4.69) is 15.9 Å². The third kappa shape index (κ3) is 3.99. The van der Waals surface area contributed by atoms with E-state index in [1.807, 2.05) is 24.3 Å². The van der Waals surface area contributed by atoms with Gasteiger partial charge in [-0.3, -0.25) is 9.59 Å². The van der Waals surface area contributed by atoms with Gasteiger partial charge in [0.2, 0.25) is 5.91 Å². The first kappa shape index (κ1) is 15.4. The van der Waals surface area contributed by atoms with Crippen LogP contribution in [-0.4, -0.2) is 40.7 Å². The molecule has 4 nitrogen and oxygen atoms in total. The molecule has 1 fully saturated rings. The lowest BCUT2D eigenvalue weighted by Gasteiger charge is -2.15. The summed E-state index contributed by atoms with van der Waals surface area (Å²) < 4.78 is 1.03. The molecular weight excluding hydrogens is 342 g/mol. The Morgan fingerprint density at radius 1 is 1.40 bits per heavy atom. The lowest BCUT2D eigenvalue weighted by Crippen LogP contribution is -2.30. The number of hydrogen-bond donors (Lipinski definition) is 1. The summed E-state index contributed by atoms with van der Waals surface area (Å²) in [6, 6.07) is 7.90. The Balaban J connectivity index is 1.76. The second-order valence-corrected chi connectivity index (χ2v) is 6.68. The first-order chi connectivity index (χ1) is 9.58. The van der Waals surface area contributed by atoms with Crippen molar-refractivity contribution < 1.29 is 14.7 Å². The molecule has 6 heteroatoms. The number of amides is 1. The number of carboxylic acid groups (broad SMARTS) is 1. The summed E-state index contributed by atoms with van der Waals surface area (Å²) in [4.78, 5) is 25.6. The third-order valence-corrected chi connectivity index (χ3v) is 5.33. The molecule has 1 aliphatic heterocycles. The Kier molecular flexibility index (Phi) is 5.48. The summed E-state index contributed by atoms with van der Waals surface area (Å²) in [6.07, 6.45) is 1.01. The number of benzene rings is 1. The number of likely N-dealkylation sites (tertiary alicyclic amines) is 1. The van der Waals surface area contributed by atoms with Crippen molar-refractivity contribution in [2.45, 2.75) is 17.7 Å². The Bertz CT molecular complexity index is 509. The van der Waals surface area contributed by atoms with Gasteiger partial charge in [0, 0.05) is 34.6 Å².